The molecule has 3 N–H and O–H groups in total. The first-order valence-corrected chi connectivity index (χ1v) is 7.73. The minimum atomic E-state index is -0.268. The van der Waals surface area contributed by atoms with Gasteiger partial charge in [-0.1, -0.05) is 26.0 Å². The number of anilines is 1. The van der Waals surface area contributed by atoms with Crippen molar-refractivity contribution in [3.63, 3.8) is 0 Å². The Hall–Kier alpha value is -2.40. The Bertz CT molecular complexity index is 732. The second kappa shape index (κ2) is 8.62. The van der Waals surface area contributed by atoms with Crippen LogP contribution in [0.15, 0.2) is 42.5 Å². The van der Waals surface area contributed by atoms with Crippen LogP contribution in [0.2, 0.25) is 0 Å². The third-order valence-electron chi connectivity index (χ3n) is 4.00. The molecule has 0 heterocycles. The fourth-order valence-corrected chi connectivity index (χ4v) is 2.44. The summed E-state index contributed by atoms with van der Waals surface area (Å²) < 4.78 is 10.6. The van der Waals surface area contributed by atoms with Crippen LogP contribution in [0.5, 0.6) is 11.5 Å². The fourth-order valence-electron chi connectivity index (χ4n) is 2.44. The van der Waals surface area contributed by atoms with Crippen LogP contribution >= 0.6 is 12.4 Å². The number of hydrogen-bond acceptors (Lipinski definition) is 4. The Morgan fingerprint density at radius 2 is 1.76 bits per heavy atom. The van der Waals surface area contributed by atoms with Crippen LogP contribution in [0.4, 0.5) is 5.69 Å². The SMILES string of the molecule is COc1ccc(C(C)(C)CNC(=O)c2cccc(N)c2)cc1OC.Cl. The van der Waals surface area contributed by atoms with Gasteiger partial charge in [0.05, 0.1) is 14.2 Å². The summed E-state index contributed by atoms with van der Waals surface area (Å²) in [5.41, 5.74) is 7.63. The van der Waals surface area contributed by atoms with Gasteiger partial charge in [0, 0.05) is 23.2 Å². The quantitative estimate of drug-likeness (QED) is 0.770. The van der Waals surface area contributed by atoms with Gasteiger partial charge in [-0.3, -0.25) is 4.79 Å². The molecule has 0 saturated heterocycles. The number of nitrogens with one attached hydrogen (secondary N) is 1. The standard InChI is InChI=1S/C19H24N2O3.ClH/c1-19(2,14-8-9-16(23-3)17(11-14)24-4)12-21-18(22)13-6-5-7-15(20)10-13;/h5-11H,12,20H2,1-4H3,(H,21,22);1H. The van der Waals surface area contributed by atoms with Crippen LogP contribution in [-0.2, 0) is 5.41 Å². The zero-order chi connectivity index (χ0) is 17.7. The molecule has 25 heavy (non-hydrogen) atoms. The van der Waals surface area contributed by atoms with Gasteiger partial charge in [-0.25, -0.2) is 0 Å². The van der Waals surface area contributed by atoms with E-state index >= 15 is 0 Å². The van der Waals surface area contributed by atoms with Gasteiger partial charge in [-0.15, -0.1) is 12.4 Å². The third kappa shape index (κ3) is 5.03. The maximum atomic E-state index is 12.3. The maximum absolute atomic E-state index is 12.3. The summed E-state index contributed by atoms with van der Waals surface area (Å²) in [6.07, 6.45) is 0. The van der Waals surface area contributed by atoms with Crippen molar-refractivity contribution in [2.24, 2.45) is 0 Å². The number of methoxy groups -OCH3 is 2. The van der Waals surface area contributed by atoms with Crippen molar-refractivity contribution >= 4 is 24.0 Å². The van der Waals surface area contributed by atoms with Crippen LogP contribution in [0.3, 0.4) is 0 Å². The van der Waals surface area contributed by atoms with E-state index in [1.165, 1.54) is 0 Å². The summed E-state index contributed by atoms with van der Waals surface area (Å²) in [5.74, 6) is 1.21. The molecule has 6 heteroatoms. The van der Waals surface area contributed by atoms with Gasteiger partial charge in [-0.05, 0) is 35.9 Å². The molecule has 0 saturated carbocycles. The molecule has 0 fully saturated rings. The highest BCUT2D eigenvalue weighted by atomic mass is 35.5. The Morgan fingerprint density at radius 3 is 2.36 bits per heavy atom. The van der Waals surface area contributed by atoms with Gasteiger partial charge >= 0.3 is 0 Å². The van der Waals surface area contributed by atoms with Crippen LogP contribution in [0.1, 0.15) is 29.8 Å². The molecular formula is C19H25ClN2O3. The summed E-state index contributed by atoms with van der Waals surface area (Å²) in [6, 6.07) is 12.7. The molecule has 0 aromatic heterocycles. The zero-order valence-electron chi connectivity index (χ0n) is 15.0. The van der Waals surface area contributed by atoms with E-state index in [2.05, 4.69) is 19.2 Å². The van der Waals surface area contributed by atoms with E-state index in [0.29, 0.717) is 29.3 Å². The number of carbonyl (C=O) groups excluding carboxylic acids is 1. The zero-order valence-corrected chi connectivity index (χ0v) is 15.8. The molecule has 2 aromatic rings. The van der Waals surface area contributed by atoms with Gasteiger partial charge in [0.15, 0.2) is 11.5 Å². The summed E-state index contributed by atoms with van der Waals surface area (Å²) in [4.78, 5) is 12.3. The van der Waals surface area contributed by atoms with E-state index in [0.717, 1.165) is 5.56 Å². The van der Waals surface area contributed by atoms with E-state index < -0.39 is 0 Å². The minimum absolute atomic E-state index is 0. The summed E-state index contributed by atoms with van der Waals surface area (Å²) in [5, 5.41) is 2.96. The summed E-state index contributed by atoms with van der Waals surface area (Å²) in [6.45, 7) is 4.61. The molecule has 0 aliphatic carbocycles. The van der Waals surface area contributed by atoms with E-state index in [4.69, 9.17) is 15.2 Å². The number of nitrogens with two attached hydrogens (primary N) is 1. The predicted molar refractivity (Wildman–Crippen MR) is 103 cm³/mol. The van der Waals surface area contributed by atoms with Gasteiger partial charge in [0.1, 0.15) is 0 Å². The lowest BCUT2D eigenvalue weighted by molar-refractivity contribution is 0.0945. The number of carbonyl (C=O) groups is 1. The topological polar surface area (TPSA) is 73.6 Å². The number of nitrogen functional groups attached to an aromatic ring is 1. The molecule has 5 nitrogen and oxygen atoms in total. The van der Waals surface area contributed by atoms with Crippen molar-refractivity contribution in [2.75, 3.05) is 26.5 Å². The Balaban J connectivity index is 0.00000312. The normalized spacial score (nSPS) is 10.6. The second-order valence-electron chi connectivity index (χ2n) is 6.26. The molecule has 0 unspecified atom stereocenters. The van der Waals surface area contributed by atoms with Gasteiger partial charge < -0.3 is 20.5 Å². The molecule has 2 rings (SSSR count). The number of ether oxygens (including phenoxy) is 2. The highest BCUT2D eigenvalue weighted by Crippen LogP contribution is 2.32. The first kappa shape index (κ1) is 20.6. The maximum Gasteiger partial charge on any atom is 0.251 e. The van der Waals surface area contributed by atoms with Crippen molar-refractivity contribution in [2.45, 2.75) is 19.3 Å². The van der Waals surface area contributed by atoms with E-state index in [-0.39, 0.29) is 23.7 Å². The Morgan fingerprint density at radius 1 is 1.08 bits per heavy atom. The molecule has 1 amide bonds. The highest BCUT2D eigenvalue weighted by Gasteiger charge is 2.23. The summed E-state index contributed by atoms with van der Waals surface area (Å²) >= 11 is 0. The minimum Gasteiger partial charge on any atom is -0.493 e. The third-order valence-corrected chi connectivity index (χ3v) is 4.00. The van der Waals surface area contributed by atoms with Gasteiger partial charge in [0.25, 0.3) is 5.91 Å². The van der Waals surface area contributed by atoms with E-state index in [9.17, 15) is 4.79 Å². The van der Waals surface area contributed by atoms with Crippen molar-refractivity contribution < 1.29 is 14.3 Å². The number of hydrogen-bond donors (Lipinski definition) is 2. The van der Waals surface area contributed by atoms with Gasteiger partial charge in [-0.2, -0.15) is 0 Å². The Kier molecular flexibility index (Phi) is 7.12. The number of benzene rings is 2. The first-order chi connectivity index (χ1) is 11.4. The molecule has 0 aliphatic rings. The average molecular weight is 365 g/mol. The average Bonchev–Trinajstić information content (AvgIpc) is 2.59. The van der Waals surface area contributed by atoms with Crippen molar-refractivity contribution in [3.05, 3.63) is 53.6 Å². The lowest BCUT2D eigenvalue weighted by Gasteiger charge is -2.26. The monoisotopic (exact) mass is 364 g/mol. The molecule has 0 bridgehead atoms. The number of amides is 1. The highest BCUT2D eigenvalue weighted by molar-refractivity contribution is 5.95. The first-order valence-electron chi connectivity index (χ1n) is 7.73. The molecule has 0 atom stereocenters. The number of rotatable bonds is 6. The van der Waals surface area contributed by atoms with Crippen molar-refractivity contribution in [1.29, 1.82) is 0 Å². The van der Waals surface area contributed by atoms with Crippen LogP contribution in [-0.4, -0.2) is 26.7 Å². The molecule has 136 valence electrons. The summed E-state index contributed by atoms with van der Waals surface area (Å²) in [7, 11) is 3.21. The van der Waals surface area contributed by atoms with Crippen LogP contribution < -0.4 is 20.5 Å². The second-order valence-corrected chi connectivity index (χ2v) is 6.26. The van der Waals surface area contributed by atoms with E-state index in [1.54, 1.807) is 38.5 Å². The predicted octanol–water partition coefficient (Wildman–Crippen LogP) is 3.42. The fraction of sp³-hybridized carbons (Fsp3) is 0.316. The largest absolute Gasteiger partial charge is 0.493 e. The van der Waals surface area contributed by atoms with Crippen LogP contribution in [0.25, 0.3) is 0 Å². The molecule has 0 radical (unpaired) electrons. The molecule has 2 aromatic carbocycles. The Labute approximate surface area is 154 Å². The van der Waals surface area contributed by atoms with Crippen molar-refractivity contribution in [3.8, 4) is 11.5 Å². The lowest BCUT2D eigenvalue weighted by Crippen LogP contribution is -2.36. The number of halogens is 1. The van der Waals surface area contributed by atoms with Crippen LogP contribution in [0, 0.1) is 0 Å². The van der Waals surface area contributed by atoms with Crippen molar-refractivity contribution in [1.82, 2.24) is 5.32 Å². The molecular weight excluding hydrogens is 340 g/mol. The van der Waals surface area contributed by atoms with E-state index in [1.807, 2.05) is 18.2 Å². The molecule has 0 spiro atoms. The lowest BCUT2D eigenvalue weighted by atomic mass is 9.84. The van der Waals surface area contributed by atoms with Gasteiger partial charge in [0.2, 0.25) is 0 Å². The molecule has 0 aliphatic heterocycles. The smallest absolute Gasteiger partial charge is 0.251 e.